The van der Waals surface area contributed by atoms with Crippen LogP contribution in [-0.4, -0.2) is 9.38 Å². The molecule has 2 rings (SSSR count). The van der Waals surface area contributed by atoms with Crippen LogP contribution in [0.1, 0.15) is 39.1 Å². The Kier molecular flexibility index (Phi) is 4.35. The number of fused-ring (bicyclic) bond motifs is 1. The number of pyridine rings is 1. The molecule has 0 saturated heterocycles. The van der Waals surface area contributed by atoms with Gasteiger partial charge in [0.2, 0.25) is 0 Å². The quantitative estimate of drug-likeness (QED) is 0.732. The molecule has 0 unspecified atom stereocenters. The fraction of sp³-hybridized carbons (Fsp3) is 0.462. The second-order valence-electron chi connectivity index (χ2n) is 3.14. The first-order chi connectivity index (χ1) is 7.36. The zero-order valence-electron chi connectivity index (χ0n) is 10.1. The van der Waals surface area contributed by atoms with E-state index >= 15 is 0 Å². The number of aryl methyl sites for hydroxylation is 2. The average molecular weight is 204 g/mol. The topological polar surface area (TPSA) is 17.3 Å². The molecular weight excluding hydrogens is 184 g/mol. The SMILES string of the molecule is CC.CCc1nc2ccccn2c1CC. The molecule has 82 valence electrons. The van der Waals surface area contributed by atoms with Gasteiger partial charge in [0.15, 0.2) is 0 Å². The predicted molar refractivity (Wildman–Crippen MR) is 65.3 cm³/mol. The van der Waals surface area contributed by atoms with Gasteiger partial charge in [0, 0.05) is 11.9 Å². The van der Waals surface area contributed by atoms with Crippen LogP contribution in [0.3, 0.4) is 0 Å². The van der Waals surface area contributed by atoms with E-state index in [0.29, 0.717) is 0 Å². The minimum absolute atomic E-state index is 1.02. The van der Waals surface area contributed by atoms with E-state index in [4.69, 9.17) is 0 Å². The first-order valence-corrected chi connectivity index (χ1v) is 5.81. The van der Waals surface area contributed by atoms with Gasteiger partial charge in [-0.05, 0) is 25.0 Å². The molecule has 2 heteroatoms. The molecule has 0 aliphatic rings. The molecule has 0 aliphatic carbocycles. The minimum atomic E-state index is 1.02. The molecule has 15 heavy (non-hydrogen) atoms. The molecule has 0 aliphatic heterocycles. The van der Waals surface area contributed by atoms with Gasteiger partial charge in [-0.2, -0.15) is 0 Å². The van der Waals surface area contributed by atoms with Crippen LogP contribution in [0.25, 0.3) is 5.65 Å². The lowest BCUT2D eigenvalue weighted by Gasteiger charge is -1.98. The summed E-state index contributed by atoms with van der Waals surface area (Å²) < 4.78 is 2.18. The van der Waals surface area contributed by atoms with Crippen LogP contribution in [0.5, 0.6) is 0 Å². The Morgan fingerprint density at radius 2 is 1.87 bits per heavy atom. The van der Waals surface area contributed by atoms with Gasteiger partial charge in [0.1, 0.15) is 5.65 Å². The highest BCUT2D eigenvalue weighted by Crippen LogP contribution is 2.13. The third kappa shape index (κ3) is 2.20. The van der Waals surface area contributed by atoms with Crippen LogP contribution >= 0.6 is 0 Å². The number of nitrogens with zero attached hydrogens (tertiary/aromatic N) is 2. The smallest absolute Gasteiger partial charge is 0.137 e. The van der Waals surface area contributed by atoms with Crippen molar-refractivity contribution in [1.82, 2.24) is 9.38 Å². The van der Waals surface area contributed by atoms with E-state index in [1.54, 1.807) is 0 Å². The first kappa shape index (κ1) is 11.8. The first-order valence-electron chi connectivity index (χ1n) is 5.81. The molecule has 0 aromatic carbocycles. The van der Waals surface area contributed by atoms with Crippen LogP contribution in [0.15, 0.2) is 24.4 Å². The van der Waals surface area contributed by atoms with Crippen molar-refractivity contribution in [2.24, 2.45) is 0 Å². The highest BCUT2D eigenvalue weighted by atomic mass is 15.0. The van der Waals surface area contributed by atoms with Gasteiger partial charge in [-0.1, -0.05) is 33.8 Å². The van der Waals surface area contributed by atoms with Gasteiger partial charge < -0.3 is 4.40 Å². The van der Waals surface area contributed by atoms with E-state index in [1.807, 2.05) is 26.0 Å². The fourth-order valence-corrected chi connectivity index (χ4v) is 1.75. The molecule has 2 nitrogen and oxygen atoms in total. The van der Waals surface area contributed by atoms with Crippen molar-refractivity contribution in [3.8, 4) is 0 Å². The van der Waals surface area contributed by atoms with Crippen LogP contribution in [0, 0.1) is 0 Å². The Morgan fingerprint density at radius 1 is 1.13 bits per heavy atom. The molecule has 0 atom stereocenters. The van der Waals surface area contributed by atoms with Crippen LogP contribution < -0.4 is 0 Å². The molecule has 0 spiro atoms. The molecule has 0 saturated carbocycles. The van der Waals surface area contributed by atoms with E-state index in [-0.39, 0.29) is 0 Å². The molecule has 0 fully saturated rings. The van der Waals surface area contributed by atoms with E-state index in [0.717, 1.165) is 18.5 Å². The number of aromatic nitrogens is 2. The lowest BCUT2D eigenvalue weighted by atomic mass is 10.2. The summed E-state index contributed by atoms with van der Waals surface area (Å²) in [6.45, 7) is 8.33. The Morgan fingerprint density at radius 3 is 2.47 bits per heavy atom. The van der Waals surface area contributed by atoms with Crippen LogP contribution in [0.4, 0.5) is 0 Å². The van der Waals surface area contributed by atoms with Crippen molar-refractivity contribution in [3.05, 3.63) is 35.8 Å². The maximum Gasteiger partial charge on any atom is 0.137 e. The summed E-state index contributed by atoms with van der Waals surface area (Å²) in [5.41, 5.74) is 3.64. The standard InChI is InChI=1S/C11H14N2.C2H6/c1-3-9-10(4-2)13-8-6-5-7-11(13)12-9;1-2/h5-8H,3-4H2,1-2H3;1-2H3. The Labute approximate surface area is 92.0 Å². The Balaban J connectivity index is 0.000000531. The molecule has 0 bridgehead atoms. The molecule has 2 heterocycles. The van der Waals surface area contributed by atoms with Crippen molar-refractivity contribution < 1.29 is 0 Å². The van der Waals surface area contributed by atoms with Crippen molar-refractivity contribution in [2.45, 2.75) is 40.5 Å². The van der Waals surface area contributed by atoms with E-state index in [1.165, 1.54) is 11.4 Å². The van der Waals surface area contributed by atoms with E-state index in [9.17, 15) is 0 Å². The number of hydrogen-bond acceptors (Lipinski definition) is 1. The maximum atomic E-state index is 4.56. The summed E-state index contributed by atoms with van der Waals surface area (Å²) in [6, 6.07) is 6.13. The predicted octanol–water partition coefficient (Wildman–Crippen LogP) is 3.49. The lowest BCUT2D eigenvalue weighted by Crippen LogP contribution is -1.92. The summed E-state index contributed by atoms with van der Waals surface area (Å²) >= 11 is 0. The van der Waals surface area contributed by atoms with Crippen molar-refractivity contribution in [3.63, 3.8) is 0 Å². The van der Waals surface area contributed by atoms with Gasteiger partial charge in [-0.15, -0.1) is 0 Å². The normalized spacial score (nSPS) is 9.87. The zero-order chi connectivity index (χ0) is 11.3. The third-order valence-corrected chi connectivity index (χ3v) is 2.38. The van der Waals surface area contributed by atoms with Crippen molar-refractivity contribution >= 4 is 5.65 Å². The monoisotopic (exact) mass is 204 g/mol. The second-order valence-corrected chi connectivity index (χ2v) is 3.14. The lowest BCUT2D eigenvalue weighted by molar-refractivity contribution is 0.942. The maximum absolute atomic E-state index is 4.56. The van der Waals surface area contributed by atoms with Gasteiger partial charge >= 0.3 is 0 Å². The second kappa shape index (κ2) is 5.54. The molecule has 0 radical (unpaired) electrons. The van der Waals surface area contributed by atoms with Gasteiger partial charge in [-0.3, -0.25) is 0 Å². The largest absolute Gasteiger partial charge is 0.304 e. The minimum Gasteiger partial charge on any atom is -0.304 e. The van der Waals surface area contributed by atoms with E-state index in [2.05, 4.69) is 35.5 Å². The molecule has 0 N–H and O–H groups in total. The van der Waals surface area contributed by atoms with Gasteiger partial charge in [0.05, 0.1) is 5.69 Å². The van der Waals surface area contributed by atoms with Crippen molar-refractivity contribution in [2.75, 3.05) is 0 Å². The zero-order valence-corrected chi connectivity index (χ0v) is 10.1. The summed E-state index contributed by atoms with van der Waals surface area (Å²) in [5, 5.41) is 0. The summed E-state index contributed by atoms with van der Waals surface area (Å²) in [7, 11) is 0. The third-order valence-electron chi connectivity index (χ3n) is 2.38. The summed E-state index contributed by atoms with van der Waals surface area (Å²) in [4.78, 5) is 4.56. The molecule has 2 aromatic rings. The van der Waals surface area contributed by atoms with Gasteiger partial charge in [-0.25, -0.2) is 4.98 Å². The molecular formula is C13H20N2. The van der Waals surface area contributed by atoms with Crippen LogP contribution in [0.2, 0.25) is 0 Å². The molecule has 2 aromatic heterocycles. The highest BCUT2D eigenvalue weighted by Gasteiger charge is 2.06. The Hall–Kier alpha value is -1.31. The summed E-state index contributed by atoms with van der Waals surface area (Å²) in [6.07, 6.45) is 4.15. The Bertz CT molecular complexity index is 415. The van der Waals surface area contributed by atoms with Gasteiger partial charge in [0.25, 0.3) is 0 Å². The summed E-state index contributed by atoms with van der Waals surface area (Å²) in [5.74, 6) is 0. The number of rotatable bonds is 2. The fourth-order valence-electron chi connectivity index (χ4n) is 1.75. The van der Waals surface area contributed by atoms with E-state index < -0.39 is 0 Å². The number of hydrogen-bond donors (Lipinski definition) is 0. The molecule has 0 amide bonds. The van der Waals surface area contributed by atoms with Crippen LogP contribution in [-0.2, 0) is 12.8 Å². The van der Waals surface area contributed by atoms with Crippen molar-refractivity contribution in [1.29, 1.82) is 0 Å². The average Bonchev–Trinajstić information content (AvgIpc) is 2.69. The highest BCUT2D eigenvalue weighted by molar-refractivity contribution is 5.43. The number of imidazole rings is 1.